The summed E-state index contributed by atoms with van der Waals surface area (Å²) in [5.74, 6) is 1.55. The number of hydrogen-bond acceptors (Lipinski definition) is 4. The molecule has 0 unspecified atom stereocenters. The van der Waals surface area contributed by atoms with E-state index in [-0.39, 0.29) is 5.41 Å². The van der Waals surface area contributed by atoms with Gasteiger partial charge in [-0.15, -0.1) is 0 Å². The first-order chi connectivity index (χ1) is 9.29. The van der Waals surface area contributed by atoms with Crippen molar-refractivity contribution in [2.45, 2.75) is 59.0 Å². The van der Waals surface area contributed by atoms with Crippen molar-refractivity contribution in [1.29, 1.82) is 0 Å². The molecule has 1 aromatic heterocycles. The molecule has 1 aromatic rings. The van der Waals surface area contributed by atoms with Crippen LogP contribution in [0.5, 0.6) is 0 Å². The standard InChI is InChI=1S/C15H26ClN3O/c1-11(2)20-9-7-6-8-17-13-10-12(16)18-14(19-13)15(3,4)5/h10-11H,6-9H2,1-5H3,(H,17,18,19). The van der Waals surface area contributed by atoms with Crippen molar-refractivity contribution in [3.63, 3.8) is 0 Å². The summed E-state index contributed by atoms with van der Waals surface area (Å²) in [7, 11) is 0. The molecule has 0 aliphatic carbocycles. The molecular weight excluding hydrogens is 274 g/mol. The molecule has 0 aliphatic rings. The van der Waals surface area contributed by atoms with Gasteiger partial charge in [0.05, 0.1) is 6.10 Å². The molecule has 20 heavy (non-hydrogen) atoms. The van der Waals surface area contributed by atoms with Gasteiger partial charge in [0.2, 0.25) is 0 Å². The van der Waals surface area contributed by atoms with Crippen molar-refractivity contribution in [3.05, 3.63) is 17.0 Å². The van der Waals surface area contributed by atoms with E-state index in [1.165, 1.54) is 0 Å². The third-order valence-electron chi connectivity index (χ3n) is 2.69. The molecule has 0 radical (unpaired) electrons. The van der Waals surface area contributed by atoms with Crippen molar-refractivity contribution >= 4 is 17.4 Å². The van der Waals surface area contributed by atoms with Crippen LogP contribution in [0.25, 0.3) is 0 Å². The normalized spacial score (nSPS) is 11.9. The molecule has 0 atom stereocenters. The van der Waals surface area contributed by atoms with E-state index >= 15 is 0 Å². The predicted molar refractivity (Wildman–Crippen MR) is 84.6 cm³/mol. The molecule has 0 fully saturated rings. The van der Waals surface area contributed by atoms with Crippen LogP contribution < -0.4 is 5.32 Å². The van der Waals surface area contributed by atoms with Crippen LogP contribution >= 0.6 is 11.6 Å². The van der Waals surface area contributed by atoms with E-state index in [1.807, 2.05) is 0 Å². The summed E-state index contributed by atoms with van der Waals surface area (Å²) in [5.41, 5.74) is -0.105. The van der Waals surface area contributed by atoms with Gasteiger partial charge in [-0.2, -0.15) is 0 Å². The number of ether oxygens (including phenoxy) is 1. The summed E-state index contributed by atoms with van der Waals surface area (Å²) in [6, 6.07) is 1.77. The van der Waals surface area contributed by atoms with E-state index in [1.54, 1.807) is 6.07 Å². The first-order valence-corrected chi connectivity index (χ1v) is 7.57. The van der Waals surface area contributed by atoms with Gasteiger partial charge >= 0.3 is 0 Å². The van der Waals surface area contributed by atoms with Crippen molar-refractivity contribution in [3.8, 4) is 0 Å². The second-order valence-corrected chi connectivity index (χ2v) is 6.59. The minimum atomic E-state index is -0.105. The van der Waals surface area contributed by atoms with Crippen molar-refractivity contribution in [1.82, 2.24) is 9.97 Å². The number of unbranched alkanes of at least 4 members (excludes halogenated alkanes) is 1. The Morgan fingerprint density at radius 1 is 1.25 bits per heavy atom. The number of halogens is 1. The molecule has 0 amide bonds. The fourth-order valence-corrected chi connectivity index (χ4v) is 1.79. The Hall–Kier alpha value is -0.870. The van der Waals surface area contributed by atoms with E-state index in [4.69, 9.17) is 16.3 Å². The molecule has 0 saturated heterocycles. The highest BCUT2D eigenvalue weighted by atomic mass is 35.5. The topological polar surface area (TPSA) is 47.0 Å². The van der Waals surface area contributed by atoms with Crippen LogP contribution in [0.4, 0.5) is 5.82 Å². The summed E-state index contributed by atoms with van der Waals surface area (Å²) in [6.07, 6.45) is 2.38. The average Bonchev–Trinajstić information content (AvgIpc) is 2.31. The lowest BCUT2D eigenvalue weighted by Gasteiger charge is -2.17. The Labute approximate surface area is 127 Å². The number of hydrogen-bond donors (Lipinski definition) is 1. The monoisotopic (exact) mass is 299 g/mol. The van der Waals surface area contributed by atoms with E-state index in [0.717, 1.165) is 37.6 Å². The third kappa shape index (κ3) is 6.53. The number of anilines is 1. The molecule has 1 heterocycles. The fourth-order valence-electron chi connectivity index (χ4n) is 1.61. The van der Waals surface area contributed by atoms with Gasteiger partial charge in [-0.1, -0.05) is 32.4 Å². The van der Waals surface area contributed by atoms with Gasteiger partial charge in [-0.3, -0.25) is 0 Å². The van der Waals surface area contributed by atoms with Crippen LogP contribution in [0.2, 0.25) is 5.15 Å². The Morgan fingerprint density at radius 3 is 2.55 bits per heavy atom. The van der Waals surface area contributed by atoms with E-state index < -0.39 is 0 Å². The molecule has 5 heteroatoms. The highest BCUT2D eigenvalue weighted by molar-refractivity contribution is 6.29. The summed E-state index contributed by atoms with van der Waals surface area (Å²) >= 11 is 6.04. The lowest BCUT2D eigenvalue weighted by molar-refractivity contribution is 0.0765. The molecule has 0 saturated carbocycles. The summed E-state index contributed by atoms with van der Waals surface area (Å²) in [4.78, 5) is 8.79. The quantitative estimate of drug-likeness (QED) is 0.609. The first kappa shape index (κ1) is 17.2. The zero-order chi connectivity index (χ0) is 15.2. The molecular formula is C15H26ClN3O. The smallest absolute Gasteiger partial charge is 0.137 e. The summed E-state index contributed by atoms with van der Waals surface area (Å²) in [6.45, 7) is 12.0. The zero-order valence-electron chi connectivity index (χ0n) is 13.2. The van der Waals surface area contributed by atoms with Crippen LogP contribution in [-0.4, -0.2) is 29.2 Å². The number of aromatic nitrogens is 2. The van der Waals surface area contributed by atoms with Crippen LogP contribution in [0.1, 0.15) is 53.3 Å². The molecule has 1 rings (SSSR count). The maximum atomic E-state index is 6.04. The maximum absolute atomic E-state index is 6.04. The lowest BCUT2D eigenvalue weighted by atomic mass is 9.96. The number of rotatable bonds is 7. The number of nitrogens with zero attached hydrogens (tertiary/aromatic N) is 2. The largest absolute Gasteiger partial charge is 0.379 e. The van der Waals surface area contributed by atoms with Crippen LogP contribution in [0.3, 0.4) is 0 Å². The number of nitrogens with one attached hydrogen (secondary N) is 1. The minimum Gasteiger partial charge on any atom is -0.379 e. The van der Waals surface area contributed by atoms with Gasteiger partial charge in [0.1, 0.15) is 16.8 Å². The van der Waals surface area contributed by atoms with Crippen LogP contribution in [0.15, 0.2) is 6.07 Å². The Bertz CT molecular complexity index is 416. The second-order valence-electron chi connectivity index (χ2n) is 6.20. The van der Waals surface area contributed by atoms with Gasteiger partial charge in [-0.05, 0) is 26.7 Å². The third-order valence-corrected chi connectivity index (χ3v) is 2.89. The summed E-state index contributed by atoms with van der Waals surface area (Å²) in [5, 5.41) is 3.78. The molecule has 0 aromatic carbocycles. The first-order valence-electron chi connectivity index (χ1n) is 7.19. The Balaban J connectivity index is 2.42. The Morgan fingerprint density at radius 2 is 1.95 bits per heavy atom. The molecule has 0 spiro atoms. The van der Waals surface area contributed by atoms with Gasteiger partial charge in [-0.25, -0.2) is 9.97 Å². The van der Waals surface area contributed by atoms with Gasteiger partial charge < -0.3 is 10.1 Å². The maximum Gasteiger partial charge on any atom is 0.137 e. The van der Waals surface area contributed by atoms with Crippen molar-refractivity contribution in [2.75, 3.05) is 18.5 Å². The average molecular weight is 300 g/mol. The van der Waals surface area contributed by atoms with Gasteiger partial charge in [0.15, 0.2) is 0 Å². The Kier molecular flexibility index (Phi) is 6.69. The van der Waals surface area contributed by atoms with Gasteiger partial charge in [0, 0.05) is 24.6 Å². The van der Waals surface area contributed by atoms with E-state index in [9.17, 15) is 0 Å². The van der Waals surface area contributed by atoms with Crippen molar-refractivity contribution in [2.24, 2.45) is 0 Å². The van der Waals surface area contributed by atoms with Crippen LogP contribution in [0, 0.1) is 0 Å². The molecule has 1 N–H and O–H groups in total. The minimum absolute atomic E-state index is 0.105. The summed E-state index contributed by atoms with van der Waals surface area (Å²) < 4.78 is 5.50. The second kappa shape index (κ2) is 7.79. The fraction of sp³-hybridized carbons (Fsp3) is 0.733. The molecule has 114 valence electrons. The SMILES string of the molecule is CC(C)OCCCCNc1cc(Cl)nc(C(C)(C)C)n1. The van der Waals surface area contributed by atoms with E-state index in [2.05, 4.69) is 49.9 Å². The molecule has 4 nitrogen and oxygen atoms in total. The van der Waals surface area contributed by atoms with Gasteiger partial charge in [0.25, 0.3) is 0 Å². The van der Waals surface area contributed by atoms with Crippen molar-refractivity contribution < 1.29 is 4.74 Å². The zero-order valence-corrected chi connectivity index (χ0v) is 13.9. The highest BCUT2D eigenvalue weighted by Gasteiger charge is 2.18. The van der Waals surface area contributed by atoms with Crippen LogP contribution in [-0.2, 0) is 10.2 Å². The molecule has 0 bridgehead atoms. The van der Waals surface area contributed by atoms with E-state index in [0.29, 0.717) is 11.3 Å². The predicted octanol–water partition coefficient (Wildman–Crippen LogP) is 4.04. The highest BCUT2D eigenvalue weighted by Crippen LogP contribution is 2.22. The lowest BCUT2D eigenvalue weighted by Crippen LogP contribution is -2.17. The molecule has 0 aliphatic heterocycles.